The lowest BCUT2D eigenvalue weighted by molar-refractivity contribution is 1.27. The zero-order valence-electron chi connectivity index (χ0n) is 4.86. The smallest absolute Gasteiger partial charge is 0.0778 e. The van der Waals surface area contributed by atoms with Crippen LogP contribution in [-0.4, -0.2) is 4.98 Å². The van der Waals surface area contributed by atoms with Crippen molar-refractivity contribution in [1.82, 2.24) is 4.98 Å². The van der Waals surface area contributed by atoms with E-state index in [4.69, 9.17) is 23.2 Å². The third-order valence-electron chi connectivity index (χ3n) is 1.01. The molecule has 1 heterocycles. The van der Waals surface area contributed by atoms with E-state index < -0.39 is 0 Å². The normalized spacial score (nSPS) is 9.67. The Morgan fingerprint density at radius 2 is 2.00 bits per heavy atom. The fourth-order valence-electron chi connectivity index (χ4n) is 0.516. The van der Waals surface area contributed by atoms with Gasteiger partial charge in [0, 0.05) is 12.4 Å². The lowest BCUT2D eigenvalue weighted by atomic mass is 10.3. The number of hydrogen-bond donors (Lipinski definition) is 0. The number of pyridine rings is 1. The number of nitrogens with zero attached hydrogens (tertiary/aromatic N) is 1. The van der Waals surface area contributed by atoms with E-state index in [1.807, 2.05) is 6.92 Å². The topological polar surface area (TPSA) is 12.9 Å². The molecule has 0 saturated heterocycles. The zero-order valence-corrected chi connectivity index (χ0v) is 6.37. The largest absolute Gasteiger partial charge is 0.263 e. The molecule has 0 aliphatic rings. The van der Waals surface area contributed by atoms with E-state index in [0.29, 0.717) is 10.0 Å². The van der Waals surface area contributed by atoms with Crippen molar-refractivity contribution < 1.29 is 0 Å². The van der Waals surface area contributed by atoms with Gasteiger partial charge in [-0.3, -0.25) is 4.98 Å². The summed E-state index contributed by atoms with van der Waals surface area (Å²) in [5.41, 5.74) is 0.907. The van der Waals surface area contributed by atoms with Gasteiger partial charge in [0.15, 0.2) is 0 Å². The molecule has 3 heteroatoms. The van der Waals surface area contributed by atoms with Gasteiger partial charge in [-0.05, 0) is 12.5 Å². The molecular weight excluding hydrogens is 157 g/mol. The number of aromatic nitrogens is 1. The predicted octanol–water partition coefficient (Wildman–Crippen LogP) is 2.70. The van der Waals surface area contributed by atoms with Crippen molar-refractivity contribution in [3.8, 4) is 0 Å². The molecular formula is C6H5Cl2N. The molecule has 0 radical (unpaired) electrons. The summed E-state index contributed by atoms with van der Waals surface area (Å²) in [6, 6.07) is 0. The summed E-state index contributed by atoms with van der Waals surface area (Å²) in [5.74, 6) is 0. The third-order valence-corrected chi connectivity index (χ3v) is 1.90. The van der Waals surface area contributed by atoms with Crippen LogP contribution in [0.2, 0.25) is 10.0 Å². The molecule has 0 saturated carbocycles. The van der Waals surface area contributed by atoms with E-state index >= 15 is 0 Å². The molecule has 0 aromatic carbocycles. The zero-order chi connectivity index (χ0) is 6.85. The van der Waals surface area contributed by atoms with E-state index in [1.54, 1.807) is 6.20 Å². The maximum atomic E-state index is 5.71. The first kappa shape index (κ1) is 6.84. The first-order valence-corrected chi connectivity index (χ1v) is 3.23. The van der Waals surface area contributed by atoms with E-state index in [-0.39, 0.29) is 0 Å². The predicted molar refractivity (Wildman–Crippen MR) is 39.0 cm³/mol. The summed E-state index contributed by atoms with van der Waals surface area (Å²) < 4.78 is 0. The SMILES string of the molecule is Cc1cncc(Cl)c1Cl. The minimum Gasteiger partial charge on any atom is -0.263 e. The summed E-state index contributed by atoms with van der Waals surface area (Å²) in [6.07, 6.45) is 3.20. The van der Waals surface area contributed by atoms with Gasteiger partial charge >= 0.3 is 0 Å². The number of halogens is 2. The van der Waals surface area contributed by atoms with Gasteiger partial charge in [0.2, 0.25) is 0 Å². The highest BCUT2D eigenvalue weighted by molar-refractivity contribution is 6.42. The minimum absolute atomic E-state index is 0.511. The molecule has 0 bridgehead atoms. The lowest BCUT2D eigenvalue weighted by Crippen LogP contribution is -1.77. The highest BCUT2D eigenvalue weighted by Crippen LogP contribution is 2.22. The molecule has 0 aliphatic carbocycles. The Bertz CT molecular complexity index is 202. The molecule has 9 heavy (non-hydrogen) atoms. The Labute approximate surface area is 63.6 Å². The second kappa shape index (κ2) is 2.54. The molecule has 0 unspecified atom stereocenters. The second-order valence-corrected chi connectivity index (χ2v) is 2.54. The first-order valence-electron chi connectivity index (χ1n) is 2.47. The highest BCUT2D eigenvalue weighted by atomic mass is 35.5. The lowest BCUT2D eigenvalue weighted by Gasteiger charge is -1.95. The van der Waals surface area contributed by atoms with Crippen molar-refractivity contribution in [2.24, 2.45) is 0 Å². The Balaban J connectivity index is 3.25. The quantitative estimate of drug-likeness (QED) is 0.571. The number of hydrogen-bond acceptors (Lipinski definition) is 1. The maximum absolute atomic E-state index is 5.71. The Kier molecular flexibility index (Phi) is 1.94. The van der Waals surface area contributed by atoms with Crippen LogP contribution in [0.3, 0.4) is 0 Å². The highest BCUT2D eigenvalue weighted by Gasteiger charge is 1.97. The van der Waals surface area contributed by atoms with E-state index in [2.05, 4.69) is 4.98 Å². The standard InChI is InChI=1S/C6H5Cl2N/c1-4-2-9-3-5(7)6(4)8/h2-3H,1H3. The average molecular weight is 162 g/mol. The molecule has 1 rings (SSSR count). The van der Waals surface area contributed by atoms with Gasteiger partial charge in [-0.15, -0.1) is 0 Å². The van der Waals surface area contributed by atoms with Crippen molar-refractivity contribution in [2.75, 3.05) is 0 Å². The van der Waals surface area contributed by atoms with Crippen LogP contribution in [-0.2, 0) is 0 Å². The average Bonchev–Trinajstić information content (AvgIpc) is 1.83. The summed E-state index contributed by atoms with van der Waals surface area (Å²) in [7, 11) is 0. The number of aryl methyl sites for hydroxylation is 1. The van der Waals surface area contributed by atoms with Gasteiger partial charge in [0.25, 0.3) is 0 Å². The van der Waals surface area contributed by atoms with Crippen LogP contribution in [0.5, 0.6) is 0 Å². The molecule has 48 valence electrons. The van der Waals surface area contributed by atoms with Crippen LogP contribution in [0.15, 0.2) is 12.4 Å². The molecule has 0 atom stereocenters. The minimum atomic E-state index is 0.511. The molecule has 1 nitrogen and oxygen atoms in total. The Morgan fingerprint density at radius 3 is 2.44 bits per heavy atom. The van der Waals surface area contributed by atoms with Crippen molar-refractivity contribution >= 4 is 23.2 Å². The summed E-state index contributed by atoms with van der Waals surface area (Å²) in [5, 5.41) is 1.10. The van der Waals surface area contributed by atoms with Crippen LogP contribution in [0.4, 0.5) is 0 Å². The van der Waals surface area contributed by atoms with Crippen molar-refractivity contribution in [3.05, 3.63) is 28.0 Å². The monoisotopic (exact) mass is 161 g/mol. The van der Waals surface area contributed by atoms with Gasteiger partial charge in [0.1, 0.15) is 0 Å². The fourth-order valence-corrected chi connectivity index (χ4v) is 0.819. The second-order valence-electron chi connectivity index (χ2n) is 1.75. The molecule has 1 aromatic heterocycles. The van der Waals surface area contributed by atoms with Crippen molar-refractivity contribution in [2.45, 2.75) is 6.92 Å². The van der Waals surface area contributed by atoms with Gasteiger partial charge in [0.05, 0.1) is 10.0 Å². The van der Waals surface area contributed by atoms with Gasteiger partial charge < -0.3 is 0 Å². The van der Waals surface area contributed by atoms with Crippen molar-refractivity contribution in [3.63, 3.8) is 0 Å². The summed E-state index contributed by atoms with van der Waals surface area (Å²) >= 11 is 11.3. The van der Waals surface area contributed by atoms with E-state index in [9.17, 15) is 0 Å². The number of rotatable bonds is 0. The molecule has 0 N–H and O–H groups in total. The molecule has 0 amide bonds. The Hall–Kier alpha value is -0.270. The summed E-state index contributed by atoms with van der Waals surface area (Å²) in [4.78, 5) is 3.83. The molecule has 0 fully saturated rings. The molecule has 0 aliphatic heterocycles. The van der Waals surface area contributed by atoms with Crippen molar-refractivity contribution in [1.29, 1.82) is 0 Å². The maximum Gasteiger partial charge on any atom is 0.0778 e. The fraction of sp³-hybridized carbons (Fsp3) is 0.167. The molecule has 1 aromatic rings. The van der Waals surface area contributed by atoms with Gasteiger partial charge in [-0.1, -0.05) is 23.2 Å². The third kappa shape index (κ3) is 1.35. The summed E-state index contributed by atoms with van der Waals surface area (Å²) in [6.45, 7) is 1.86. The van der Waals surface area contributed by atoms with E-state index in [1.165, 1.54) is 6.20 Å². The van der Waals surface area contributed by atoms with E-state index in [0.717, 1.165) is 5.56 Å². The van der Waals surface area contributed by atoms with Crippen LogP contribution < -0.4 is 0 Å². The van der Waals surface area contributed by atoms with Gasteiger partial charge in [-0.25, -0.2) is 0 Å². The first-order chi connectivity index (χ1) is 4.22. The van der Waals surface area contributed by atoms with Gasteiger partial charge in [-0.2, -0.15) is 0 Å². The van der Waals surface area contributed by atoms with Crippen LogP contribution >= 0.6 is 23.2 Å². The van der Waals surface area contributed by atoms with Crippen LogP contribution in [0.25, 0.3) is 0 Å². The van der Waals surface area contributed by atoms with Crippen LogP contribution in [0.1, 0.15) is 5.56 Å². The van der Waals surface area contributed by atoms with Crippen LogP contribution in [0, 0.1) is 6.92 Å². The molecule has 0 spiro atoms. The Morgan fingerprint density at radius 1 is 1.33 bits per heavy atom.